The van der Waals surface area contributed by atoms with Crippen LogP contribution >= 0.6 is 11.6 Å². The van der Waals surface area contributed by atoms with Crippen molar-refractivity contribution in [3.8, 4) is 0 Å². The fourth-order valence-electron chi connectivity index (χ4n) is 2.93. The lowest BCUT2D eigenvalue weighted by Crippen LogP contribution is -2.65. The van der Waals surface area contributed by atoms with Gasteiger partial charge in [0.05, 0.1) is 16.4 Å². The number of nitrogens with one attached hydrogen (secondary N) is 1. The third-order valence-electron chi connectivity index (χ3n) is 4.48. The normalized spacial score (nSPS) is 21.7. The van der Waals surface area contributed by atoms with Crippen LogP contribution < -0.4 is 5.32 Å². The van der Waals surface area contributed by atoms with Gasteiger partial charge in [0.15, 0.2) is 0 Å². The van der Waals surface area contributed by atoms with Gasteiger partial charge in [-0.15, -0.1) is 0 Å². The molecule has 0 aliphatic carbocycles. The summed E-state index contributed by atoms with van der Waals surface area (Å²) in [5.74, 6) is 0. The molecule has 1 saturated heterocycles. The van der Waals surface area contributed by atoms with Gasteiger partial charge in [-0.1, -0.05) is 18.5 Å². The minimum atomic E-state index is 0.119. The highest BCUT2D eigenvalue weighted by Gasteiger charge is 2.38. The van der Waals surface area contributed by atoms with Crippen molar-refractivity contribution in [1.29, 1.82) is 0 Å². The van der Waals surface area contributed by atoms with E-state index < -0.39 is 0 Å². The van der Waals surface area contributed by atoms with Crippen LogP contribution in [0.15, 0.2) is 0 Å². The first-order chi connectivity index (χ1) is 9.70. The van der Waals surface area contributed by atoms with Crippen molar-refractivity contribution in [2.75, 3.05) is 13.1 Å². The minimum absolute atomic E-state index is 0.119. The molecule has 120 valence electrons. The summed E-state index contributed by atoms with van der Waals surface area (Å²) in [5.41, 5.74) is 2.42. The second kappa shape index (κ2) is 5.90. The van der Waals surface area contributed by atoms with Gasteiger partial charge in [-0.3, -0.25) is 9.58 Å². The molecule has 0 bridgehead atoms. The molecular weight excluding hydrogens is 284 g/mol. The molecule has 1 aromatic heterocycles. The zero-order valence-electron chi connectivity index (χ0n) is 14.3. The van der Waals surface area contributed by atoms with Gasteiger partial charge >= 0.3 is 0 Å². The third kappa shape index (κ3) is 3.43. The van der Waals surface area contributed by atoms with E-state index in [2.05, 4.69) is 61.5 Å². The smallest absolute Gasteiger partial charge is 0.0863 e. The molecule has 4 nitrogen and oxygen atoms in total. The average molecular weight is 313 g/mol. The Labute approximate surface area is 133 Å². The summed E-state index contributed by atoms with van der Waals surface area (Å²) in [5, 5.41) is 9.12. The van der Waals surface area contributed by atoms with Gasteiger partial charge in [0.1, 0.15) is 0 Å². The lowest BCUT2D eigenvalue weighted by molar-refractivity contribution is 0.0303. The topological polar surface area (TPSA) is 33.1 Å². The van der Waals surface area contributed by atoms with Crippen LogP contribution in [0.5, 0.6) is 0 Å². The molecule has 2 heterocycles. The molecule has 1 fully saturated rings. The highest BCUT2D eigenvalue weighted by molar-refractivity contribution is 6.31. The minimum Gasteiger partial charge on any atom is -0.309 e. The van der Waals surface area contributed by atoms with Gasteiger partial charge in [0.2, 0.25) is 0 Å². The number of aryl methyl sites for hydroxylation is 2. The molecule has 1 N–H and O–H groups in total. The second-order valence-electron chi connectivity index (χ2n) is 7.28. The fraction of sp³-hybridized carbons (Fsp3) is 0.812. The average Bonchev–Trinajstić information content (AvgIpc) is 2.71. The molecule has 0 saturated carbocycles. The van der Waals surface area contributed by atoms with Gasteiger partial charge in [-0.25, -0.2) is 0 Å². The molecule has 0 atom stereocenters. The van der Waals surface area contributed by atoms with Gasteiger partial charge in [-0.05, 0) is 41.0 Å². The Kier molecular flexibility index (Phi) is 4.72. The standard InChI is InChI=1S/C16H29ClN4/c1-7-12-14(17)13(21(8-2)19-12)9-20-11-15(3,4)18-10-16(20,5)6/h18H,7-11H2,1-6H3. The fourth-order valence-corrected chi connectivity index (χ4v) is 3.26. The summed E-state index contributed by atoms with van der Waals surface area (Å²) >= 11 is 6.57. The van der Waals surface area contributed by atoms with E-state index in [0.717, 1.165) is 49.0 Å². The van der Waals surface area contributed by atoms with Crippen LogP contribution in [-0.4, -0.2) is 38.8 Å². The summed E-state index contributed by atoms with van der Waals surface area (Å²) in [4.78, 5) is 2.53. The van der Waals surface area contributed by atoms with E-state index in [1.807, 2.05) is 0 Å². The first-order valence-corrected chi connectivity index (χ1v) is 8.32. The van der Waals surface area contributed by atoms with Crippen LogP contribution in [0.25, 0.3) is 0 Å². The van der Waals surface area contributed by atoms with Crippen LogP contribution in [-0.2, 0) is 19.5 Å². The zero-order chi connectivity index (χ0) is 15.8. The molecule has 2 rings (SSSR count). The highest BCUT2D eigenvalue weighted by atomic mass is 35.5. The molecule has 1 aromatic rings. The van der Waals surface area contributed by atoms with E-state index in [9.17, 15) is 0 Å². The van der Waals surface area contributed by atoms with E-state index in [0.29, 0.717) is 0 Å². The first kappa shape index (κ1) is 16.8. The van der Waals surface area contributed by atoms with E-state index in [1.165, 1.54) is 0 Å². The van der Waals surface area contributed by atoms with Crippen LogP contribution in [0, 0.1) is 0 Å². The van der Waals surface area contributed by atoms with E-state index in [1.54, 1.807) is 0 Å². The Balaban J connectivity index is 2.29. The largest absolute Gasteiger partial charge is 0.309 e. The summed E-state index contributed by atoms with van der Waals surface area (Å²) in [6.07, 6.45) is 0.884. The number of halogens is 1. The van der Waals surface area contributed by atoms with Crippen molar-refractivity contribution in [3.63, 3.8) is 0 Å². The van der Waals surface area contributed by atoms with E-state index in [4.69, 9.17) is 11.6 Å². The molecule has 0 spiro atoms. The van der Waals surface area contributed by atoms with Crippen molar-refractivity contribution in [2.45, 2.75) is 72.1 Å². The Morgan fingerprint density at radius 3 is 2.48 bits per heavy atom. The van der Waals surface area contributed by atoms with E-state index >= 15 is 0 Å². The number of hydrogen-bond donors (Lipinski definition) is 1. The molecule has 0 unspecified atom stereocenters. The van der Waals surface area contributed by atoms with E-state index in [-0.39, 0.29) is 11.1 Å². The van der Waals surface area contributed by atoms with Crippen LogP contribution in [0.3, 0.4) is 0 Å². The Morgan fingerprint density at radius 2 is 1.90 bits per heavy atom. The predicted octanol–water partition coefficient (Wildman–Crippen LogP) is 3.08. The maximum absolute atomic E-state index is 6.57. The van der Waals surface area contributed by atoms with Crippen molar-refractivity contribution in [2.24, 2.45) is 0 Å². The number of nitrogens with zero attached hydrogens (tertiary/aromatic N) is 3. The van der Waals surface area contributed by atoms with Crippen LogP contribution in [0.4, 0.5) is 0 Å². The lowest BCUT2D eigenvalue weighted by Gasteiger charge is -2.49. The number of piperazine rings is 1. The number of hydrogen-bond acceptors (Lipinski definition) is 3. The van der Waals surface area contributed by atoms with Crippen molar-refractivity contribution < 1.29 is 0 Å². The molecule has 5 heteroatoms. The maximum Gasteiger partial charge on any atom is 0.0863 e. The summed E-state index contributed by atoms with van der Waals surface area (Å²) in [6.45, 7) is 17.0. The molecule has 1 aliphatic rings. The Hall–Kier alpha value is -0.580. The Bertz CT molecular complexity index is 505. The summed E-state index contributed by atoms with van der Waals surface area (Å²) < 4.78 is 2.06. The monoisotopic (exact) mass is 312 g/mol. The molecule has 0 radical (unpaired) electrons. The van der Waals surface area contributed by atoms with Gasteiger partial charge < -0.3 is 5.32 Å². The molecule has 0 aromatic carbocycles. The van der Waals surface area contributed by atoms with Crippen LogP contribution in [0.2, 0.25) is 5.02 Å². The SMILES string of the molecule is CCc1nn(CC)c(CN2CC(C)(C)NCC2(C)C)c1Cl. The third-order valence-corrected chi connectivity index (χ3v) is 4.91. The summed E-state index contributed by atoms with van der Waals surface area (Å²) in [7, 11) is 0. The quantitative estimate of drug-likeness (QED) is 0.927. The molecular formula is C16H29ClN4. The van der Waals surface area contributed by atoms with Gasteiger partial charge in [-0.2, -0.15) is 5.10 Å². The highest BCUT2D eigenvalue weighted by Crippen LogP contribution is 2.29. The molecule has 1 aliphatic heterocycles. The van der Waals surface area contributed by atoms with Gasteiger partial charge in [0.25, 0.3) is 0 Å². The number of rotatable bonds is 4. The molecule has 21 heavy (non-hydrogen) atoms. The zero-order valence-corrected chi connectivity index (χ0v) is 15.0. The Morgan fingerprint density at radius 1 is 1.24 bits per heavy atom. The molecule has 0 amide bonds. The van der Waals surface area contributed by atoms with Gasteiger partial charge in [0, 0.05) is 37.3 Å². The van der Waals surface area contributed by atoms with Crippen molar-refractivity contribution in [1.82, 2.24) is 20.0 Å². The summed E-state index contributed by atoms with van der Waals surface area (Å²) in [6, 6.07) is 0. The van der Waals surface area contributed by atoms with Crippen LogP contribution in [0.1, 0.15) is 52.9 Å². The lowest BCUT2D eigenvalue weighted by atomic mass is 9.91. The van der Waals surface area contributed by atoms with Crippen molar-refractivity contribution >= 4 is 11.6 Å². The number of aromatic nitrogens is 2. The predicted molar refractivity (Wildman–Crippen MR) is 88.9 cm³/mol. The second-order valence-corrected chi connectivity index (χ2v) is 7.66. The maximum atomic E-state index is 6.57. The first-order valence-electron chi connectivity index (χ1n) is 7.94. The van der Waals surface area contributed by atoms with Crippen molar-refractivity contribution in [3.05, 3.63) is 16.4 Å².